The van der Waals surface area contributed by atoms with E-state index in [9.17, 15) is 4.79 Å². The predicted octanol–water partition coefficient (Wildman–Crippen LogP) is 4.18. The van der Waals surface area contributed by atoms with Crippen LogP contribution in [-0.4, -0.2) is 11.1 Å². The maximum atomic E-state index is 10.9. The number of benzene rings is 1. The molecule has 16 heavy (non-hydrogen) atoms. The van der Waals surface area contributed by atoms with Gasteiger partial charge in [0.15, 0.2) is 0 Å². The molecule has 0 saturated heterocycles. The van der Waals surface area contributed by atoms with Crippen LogP contribution >= 0.6 is 27.3 Å². The van der Waals surface area contributed by atoms with E-state index < -0.39 is 5.97 Å². The molecule has 2 rings (SSSR count). The summed E-state index contributed by atoms with van der Waals surface area (Å²) in [6, 6.07) is 9.58. The number of carbonyl (C=O) groups is 1. The van der Waals surface area contributed by atoms with Crippen LogP contribution in [0.4, 0.5) is 0 Å². The monoisotopic (exact) mass is 296 g/mol. The van der Waals surface area contributed by atoms with Crippen molar-refractivity contribution < 1.29 is 9.90 Å². The van der Waals surface area contributed by atoms with Gasteiger partial charge in [0, 0.05) is 9.35 Å². The summed E-state index contributed by atoms with van der Waals surface area (Å²) < 4.78 is 0.993. The lowest BCUT2D eigenvalue weighted by molar-refractivity contribution is 0.0702. The van der Waals surface area contributed by atoms with E-state index in [1.165, 1.54) is 11.3 Å². The molecule has 0 radical (unpaired) electrons. The molecule has 0 amide bonds. The van der Waals surface area contributed by atoms with Crippen molar-refractivity contribution in [1.82, 2.24) is 0 Å². The van der Waals surface area contributed by atoms with Crippen molar-refractivity contribution in [2.24, 2.45) is 0 Å². The fourth-order valence-corrected chi connectivity index (χ4v) is 2.81. The number of aromatic carboxylic acids is 1. The van der Waals surface area contributed by atoms with Crippen LogP contribution < -0.4 is 0 Å². The number of rotatable bonds is 2. The molecule has 0 aliphatic heterocycles. The van der Waals surface area contributed by atoms with Crippen LogP contribution in [0.2, 0.25) is 0 Å². The second-order valence-electron chi connectivity index (χ2n) is 3.40. The van der Waals surface area contributed by atoms with Gasteiger partial charge in [-0.2, -0.15) is 0 Å². The Kier molecular flexibility index (Phi) is 3.12. The third kappa shape index (κ3) is 2.18. The van der Waals surface area contributed by atoms with Gasteiger partial charge in [0.25, 0.3) is 0 Å². The third-order valence-electron chi connectivity index (χ3n) is 2.26. The lowest BCUT2D eigenvalue weighted by Crippen LogP contribution is -1.89. The van der Waals surface area contributed by atoms with Gasteiger partial charge in [0.2, 0.25) is 0 Å². The zero-order chi connectivity index (χ0) is 11.7. The van der Waals surface area contributed by atoms with Crippen molar-refractivity contribution in [3.8, 4) is 11.1 Å². The van der Waals surface area contributed by atoms with Crippen LogP contribution in [0.25, 0.3) is 11.1 Å². The van der Waals surface area contributed by atoms with Gasteiger partial charge in [-0.05, 0) is 36.2 Å². The third-order valence-corrected chi connectivity index (χ3v) is 3.80. The molecule has 1 N–H and O–H groups in total. The summed E-state index contributed by atoms with van der Waals surface area (Å²) in [6.45, 7) is 1.94. The first-order chi connectivity index (χ1) is 7.58. The molecule has 82 valence electrons. The largest absolute Gasteiger partial charge is 0.477 e. The number of hydrogen-bond donors (Lipinski definition) is 1. The summed E-state index contributed by atoms with van der Waals surface area (Å²) in [4.78, 5) is 12.3. The van der Waals surface area contributed by atoms with Gasteiger partial charge in [-0.25, -0.2) is 4.79 Å². The van der Waals surface area contributed by atoms with Crippen molar-refractivity contribution in [3.05, 3.63) is 44.6 Å². The lowest BCUT2D eigenvalue weighted by Gasteiger charge is -2.00. The highest BCUT2D eigenvalue weighted by atomic mass is 79.9. The van der Waals surface area contributed by atoms with Gasteiger partial charge in [0.1, 0.15) is 4.88 Å². The molecule has 4 heteroatoms. The Balaban J connectivity index is 2.52. The van der Waals surface area contributed by atoms with Crippen molar-refractivity contribution in [1.29, 1.82) is 0 Å². The quantitative estimate of drug-likeness (QED) is 0.902. The highest BCUT2D eigenvalue weighted by Gasteiger charge is 2.12. The van der Waals surface area contributed by atoms with Gasteiger partial charge in [-0.3, -0.25) is 0 Å². The summed E-state index contributed by atoms with van der Waals surface area (Å²) in [7, 11) is 0. The molecule has 0 bridgehead atoms. The van der Waals surface area contributed by atoms with Gasteiger partial charge in [-0.15, -0.1) is 11.3 Å². The molecule has 0 atom stereocenters. The van der Waals surface area contributed by atoms with Crippen LogP contribution in [-0.2, 0) is 0 Å². The first kappa shape index (κ1) is 11.4. The average Bonchev–Trinajstić information content (AvgIpc) is 2.60. The fraction of sp³-hybridized carbons (Fsp3) is 0.0833. The van der Waals surface area contributed by atoms with Crippen molar-refractivity contribution in [3.63, 3.8) is 0 Å². The minimum absolute atomic E-state index is 0.382. The van der Waals surface area contributed by atoms with Crippen LogP contribution in [0.3, 0.4) is 0 Å². The summed E-state index contributed by atoms with van der Waals surface area (Å²) in [6.07, 6.45) is 0. The maximum Gasteiger partial charge on any atom is 0.345 e. The van der Waals surface area contributed by atoms with Gasteiger partial charge in [-0.1, -0.05) is 28.1 Å². The molecular formula is C12H9BrO2S. The van der Waals surface area contributed by atoms with E-state index in [0.717, 1.165) is 20.5 Å². The smallest absolute Gasteiger partial charge is 0.345 e. The maximum absolute atomic E-state index is 10.9. The molecule has 0 aliphatic rings. The van der Waals surface area contributed by atoms with E-state index in [1.54, 1.807) is 6.07 Å². The highest BCUT2D eigenvalue weighted by Crippen LogP contribution is 2.32. The molecule has 0 fully saturated rings. The van der Waals surface area contributed by atoms with Gasteiger partial charge < -0.3 is 5.11 Å². The Morgan fingerprint density at radius 3 is 2.69 bits per heavy atom. The molecule has 2 aromatic rings. The average molecular weight is 297 g/mol. The standard InChI is InChI=1S/C12H9BrO2S/c1-7-10(6-11(16-7)12(14)15)8-3-2-4-9(13)5-8/h2-6H,1H3,(H,14,15). The molecule has 1 aromatic carbocycles. The minimum atomic E-state index is -0.866. The molecule has 1 heterocycles. The Morgan fingerprint density at radius 2 is 2.12 bits per heavy atom. The van der Waals surface area contributed by atoms with Crippen LogP contribution in [0.15, 0.2) is 34.8 Å². The van der Waals surface area contributed by atoms with E-state index in [2.05, 4.69) is 15.9 Å². The second-order valence-corrected chi connectivity index (χ2v) is 5.57. The molecule has 0 unspecified atom stereocenters. The first-order valence-electron chi connectivity index (χ1n) is 4.67. The summed E-state index contributed by atoms with van der Waals surface area (Å²) in [5, 5.41) is 8.93. The number of carboxylic acids is 1. The number of aryl methyl sites for hydroxylation is 1. The van der Waals surface area contributed by atoms with Crippen LogP contribution in [0.1, 0.15) is 14.5 Å². The fourth-order valence-electron chi connectivity index (χ4n) is 1.53. The second kappa shape index (κ2) is 4.39. The predicted molar refractivity (Wildman–Crippen MR) is 69.2 cm³/mol. The van der Waals surface area contributed by atoms with Gasteiger partial charge >= 0.3 is 5.97 Å². The molecule has 0 aliphatic carbocycles. The molecule has 2 nitrogen and oxygen atoms in total. The van der Waals surface area contributed by atoms with Crippen LogP contribution in [0.5, 0.6) is 0 Å². The minimum Gasteiger partial charge on any atom is -0.477 e. The Bertz CT molecular complexity index is 546. The summed E-state index contributed by atoms with van der Waals surface area (Å²) >= 11 is 4.72. The topological polar surface area (TPSA) is 37.3 Å². The summed E-state index contributed by atoms with van der Waals surface area (Å²) in [5.74, 6) is -0.866. The van der Waals surface area contributed by atoms with E-state index in [0.29, 0.717) is 4.88 Å². The molecule has 1 aromatic heterocycles. The number of halogens is 1. The van der Waals surface area contributed by atoms with Crippen LogP contribution in [0, 0.1) is 6.92 Å². The van der Waals surface area contributed by atoms with E-state index in [1.807, 2.05) is 31.2 Å². The Hall–Kier alpha value is -1.13. The van der Waals surface area contributed by atoms with Crippen molar-refractivity contribution in [2.75, 3.05) is 0 Å². The highest BCUT2D eigenvalue weighted by molar-refractivity contribution is 9.10. The van der Waals surface area contributed by atoms with E-state index in [4.69, 9.17) is 5.11 Å². The zero-order valence-corrected chi connectivity index (χ0v) is 10.9. The number of thiophene rings is 1. The Morgan fingerprint density at radius 1 is 1.38 bits per heavy atom. The summed E-state index contributed by atoms with van der Waals surface area (Å²) in [5.41, 5.74) is 2.03. The SMILES string of the molecule is Cc1sc(C(=O)O)cc1-c1cccc(Br)c1. The molecular weight excluding hydrogens is 288 g/mol. The zero-order valence-electron chi connectivity index (χ0n) is 8.53. The van der Waals surface area contributed by atoms with E-state index in [-0.39, 0.29) is 0 Å². The van der Waals surface area contributed by atoms with Gasteiger partial charge in [0.05, 0.1) is 0 Å². The lowest BCUT2D eigenvalue weighted by atomic mass is 10.1. The van der Waals surface area contributed by atoms with Crippen molar-refractivity contribution in [2.45, 2.75) is 6.92 Å². The van der Waals surface area contributed by atoms with Crippen molar-refractivity contribution >= 4 is 33.2 Å². The molecule has 0 spiro atoms. The Labute approximate surface area is 106 Å². The number of carboxylic acid groups (broad SMARTS) is 1. The van der Waals surface area contributed by atoms with E-state index >= 15 is 0 Å². The molecule has 0 saturated carbocycles. The normalized spacial score (nSPS) is 10.4. The number of hydrogen-bond acceptors (Lipinski definition) is 2. The first-order valence-corrected chi connectivity index (χ1v) is 6.28.